The number of nitrogen functional groups attached to an aromatic ring is 1. The van der Waals surface area contributed by atoms with Crippen LogP contribution in [0.3, 0.4) is 0 Å². The fourth-order valence-corrected chi connectivity index (χ4v) is 6.47. The zero-order valence-electron chi connectivity index (χ0n) is 37.6. The third-order valence-corrected chi connectivity index (χ3v) is 9.83. The number of thiocarbonyl (C=S) groups is 3. The van der Waals surface area contributed by atoms with Gasteiger partial charge in [0, 0.05) is 51.8 Å². The molecule has 0 aliphatic rings. The van der Waals surface area contributed by atoms with E-state index in [1.54, 1.807) is 89.7 Å². The largest absolute Gasteiger partial charge is 0.496 e. The van der Waals surface area contributed by atoms with Gasteiger partial charge in [0.05, 0.1) is 57.8 Å². The number of nitrogens with two attached hydrogens (primary N) is 1. The number of pyridine rings is 1. The van der Waals surface area contributed by atoms with E-state index in [0.717, 1.165) is 35.1 Å². The molecule has 0 saturated carbocycles. The first-order valence-corrected chi connectivity index (χ1v) is 22.0. The number of halogens is 4. The van der Waals surface area contributed by atoms with Crippen molar-refractivity contribution in [2.45, 2.75) is 20.3 Å². The average Bonchev–Trinajstić information content (AvgIpc) is 3.33. The Balaban J connectivity index is 0.000000276. The van der Waals surface area contributed by atoms with Gasteiger partial charge in [-0.1, -0.05) is 67.0 Å². The highest BCUT2D eigenvalue weighted by Gasteiger charge is 2.27. The molecule has 22 heteroatoms. The van der Waals surface area contributed by atoms with Gasteiger partial charge in [-0.25, -0.2) is 13.8 Å². The molecule has 6 aromatic rings. The first-order valence-electron chi connectivity index (χ1n) is 20.1. The van der Waals surface area contributed by atoms with E-state index in [1.165, 1.54) is 12.1 Å². The number of nitrogens with zero attached hydrogens (tertiary/aromatic N) is 4. The lowest BCUT2D eigenvalue weighted by Gasteiger charge is -2.15. The van der Waals surface area contributed by atoms with Crippen LogP contribution < -0.4 is 56.9 Å². The summed E-state index contributed by atoms with van der Waals surface area (Å²) < 4.78 is 47.8. The zero-order chi connectivity index (χ0) is 50.2. The fourth-order valence-electron chi connectivity index (χ4n) is 5.51. The summed E-state index contributed by atoms with van der Waals surface area (Å²) in [5, 5.41) is 22.7. The summed E-state index contributed by atoms with van der Waals surface area (Å²) in [5.74, 6) is -0.451. The number of hydrogen-bond acceptors (Lipinski definition) is 12. The van der Waals surface area contributed by atoms with Gasteiger partial charge in [-0.2, -0.15) is 15.3 Å². The molecule has 368 valence electrons. The SMILES string of the molecule is C.COc1ccccc1/C=N/NC(=S)Nc1ccc(Cl)cc1Cl.COc1ccccc1/C=N/NC(=S)Nc1ccc(N)c(C(C)(F)F)c1.COc1ccccc1/C=N/NC(=S)Nc1cccnc1OC. The van der Waals surface area contributed by atoms with Crippen LogP contribution in [0, 0.1) is 0 Å². The van der Waals surface area contributed by atoms with Gasteiger partial charge in [0.15, 0.2) is 15.3 Å². The minimum Gasteiger partial charge on any atom is -0.496 e. The fraction of sp³-hybridized carbons (Fsp3) is 0.146. The lowest BCUT2D eigenvalue weighted by Crippen LogP contribution is -2.24. The predicted octanol–water partition coefficient (Wildman–Crippen LogP) is 11.1. The van der Waals surface area contributed by atoms with Gasteiger partial charge < -0.3 is 40.6 Å². The molecule has 0 spiro atoms. The Labute approximate surface area is 431 Å². The van der Waals surface area contributed by atoms with E-state index in [9.17, 15) is 8.78 Å². The summed E-state index contributed by atoms with van der Waals surface area (Å²) in [6.07, 6.45) is 6.44. The van der Waals surface area contributed by atoms with Crippen molar-refractivity contribution in [2.24, 2.45) is 15.3 Å². The summed E-state index contributed by atoms with van der Waals surface area (Å²) in [6, 6.07) is 35.3. The summed E-state index contributed by atoms with van der Waals surface area (Å²) in [4.78, 5) is 4.07. The Morgan fingerprint density at radius 2 is 1.06 bits per heavy atom. The van der Waals surface area contributed by atoms with Crippen molar-refractivity contribution in [3.63, 3.8) is 0 Å². The highest BCUT2D eigenvalue weighted by molar-refractivity contribution is 7.80. The molecule has 6 rings (SSSR count). The summed E-state index contributed by atoms with van der Waals surface area (Å²) in [5.41, 5.74) is 17.6. The van der Waals surface area contributed by atoms with E-state index in [2.05, 4.69) is 52.5 Å². The van der Waals surface area contributed by atoms with Crippen molar-refractivity contribution >= 4 is 117 Å². The molecule has 0 bridgehead atoms. The van der Waals surface area contributed by atoms with Gasteiger partial charge >= 0.3 is 0 Å². The van der Waals surface area contributed by atoms with Gasteiger partial charge in [0.25, 0.3) is 5.92 Å². The van der Waals surface area contributed by atoms with Gasteiger partial charge in [0.1, 0.15) is 22.9 Å². The maximum absolute atomic E-state index is 13.5. The van der Waals surface area contributed by atoms with E-state index in [4.69, 9.17) is 84.5 Å². The predicted molar refractivity (Wildman–Crippen MR) is 294 cm³/mol. The van der Waals surface area contributed by atoms with Crippen molar-refractivity contribution in [3.05, 3.63) is 160 Å². The quantitative estimate of drug-likeness (QED) is 0.0236. The molecule has 1 aromatic heterocycles. The van der Waals surface area contributed by atoms with Crippen LogP contribution in [0.15, 0.2) is 143 Å². The van der Waals surface area contributed by atoms with E-state index >= 15 is 0 Å². The van der Waals surface area contributed by atoms with Crippen LogP contribution in [0.4, 0.5) is 31.5 Å². The van der Waals surface area contributed by atoms with Crippen LogP contribution in [0.5, 0.6) is 23.1 Å². The molecule has 0 unspecified atom stereocenters. The highest BCUT2D eigenvalue weighted by atomic mass is 35.5. The third-order valence-electron chi connectivity index (χ3n) is 8.70. The molecule has 0 atom stereocenters. The highest BCUT2D eigenvalue weighted by Crippen LogP contribution is 2.33. The van der Waals surface area contributed by atoms with Crippen molar-refractivity contribution in [3.8, 4) is 23.1 Å². The van der Waals surface area contributed by atoms with Gasteiger partial charge in [-0.3, -0.25) is 16.3 Å². The standard InChI is InChI=1S/C17H18F2N4OS.C15H13Cl2N3OS.C15H16N4O2S.CH4/c1-17(18,19)13-9-12(7-8-14(13)20)22-16(25)23-21-10-11-5-3-4-6-15(11)24-2;1-21-14-5-3-2-4-10(14)9-18-20-15(22)19-13-7-6-11(16)8-12(13)17;1-20-13-8-4-3-6-11(13)10-17-19-15(22)18-12-7-5-9-16-14(12)21-2;/h3-10H,20H2,1-2H3,(H2,22,23,25);2-9H,1H3,(H2,19,20,22);3-10H,1-2H3,(H2,18,19,22);1H4/b21-10+;18-9+;17-10+;. The van der Waals surface area contributed by atoms with Crippen molar-refractivity contribution in [1.82, 2.24) is 21.3 Å². The monoisotopic (exact) mass is 1050 g/mol. The Kier molecular flexibility index (Phi) is 24.2. The number of methoxy groups -OCH3 is 4. The van der Waals surface area contributed by atoms with E-state index in [-0.39, 0.29) is 23.8 Å². The lowest BCUT2D eigenvalue weighted by molar-refractivity contribution is 0.0183. The molecule has 15 nitrogen and oxygen atoms in total. The smallest absolute Gasteiger partial charge is 0.272 e. The van der Waals surface area contributed by atoms with Crippen molar-refractivity contribution < 1.29 is 27.7 Å². The number of hydrazone groups is 3. The summed E-state index contributed by atoms with van der Waals surface area (Å²) in [7, 11) is 6.33. The number of anilines is 4. The normalized spacial score (nSPS) is 10.6. The molecular weight excluding hydrogens is 1000 g/mol. The number of hydrogen-bond donors (Lipinski definition) is 7. The van der Waals surface area contributed by atoms with Gasteiger partial charge in [-0.15, -0.1) is 0 Å². The lowest BCUT2D eigenvalue weighted by atomic mass is 10.1. The molecule has 70 heavy (non-hydrogen) atoms. The Morgan fingerprint density at radius 1 is 0.600 bits per heavy atom. The molecule has 5 aromatic carbocycles. The molecule has 0 amide bonds. The third kappa shape index (κ3) is 19.0. The first-order chi connectivity index (χ1) is 33.1. The number of nitrogens with one attached hydrogen (secondary N) is 6. The molecule has 0 fully saturated rings. The molecule has 0 aliphatic carbocycles. The second-order valence-electron chi connectivity index (χ2n) is 13.6. The Hall–Kier alpha value is -7.23. The van der Waals surface area contributed by atoms with Crippen LogP contribution in [0.25, 0.3) is 0 Å². The van der Waals surface area contributed by atoms with E-state index in [0.29, 0.717) is 49.0 Å². The number of aromatic nitrogens is 1. The van der Waals surface area contributed by atoms with Gasteiger partial charge in [-0.05, 0) is 122 Å². The molecular formula is C48H51Cl2F2N11O4S3. The number of alkyl halides is 2. The number of rotatable bonds is 14. The number of para-hydroxylation sites is 3. The summed E-state index contributed by atoms with van der Waals surface area (Å²) in [6.45, 7) is 0.788. The molecule has 8 N–H and O–H groups in total. The minimum atomic E-state index is -3.04. The molecule has 0 saturated heterocycles. The van der Waals surface area contributed by atoms with Gasteiger partial charge in [0.2, 0.25) is 5.88 Å². The number of ether oxygens (including phenoxy) is 4. The van der Waals surface area contributed by atoms with Crippen molar-refractivity contribution in [2.75, 3.05) is 50.1 Å². The molecule has 1 heterocycles. The topological polar surface area (TPSA) is 185 Å². The summed E-state index contributed by atoms with van der Waals surface area (Å²) >= 11 is 27.3. The molecule has 0 aliphatic heterocycles. The van der Waals surface area contributed by atoms with Crippen LogP contribution in [-0.2, 0) is 5.92 Å². The second-order valence-corrected chi connectivity index (χ2v) is 15.6. The van der Waals surface area contributed by atoms with Crippen LogP contribution in [0.1, 0.15) is 36.6 Å². The second kappa shape index (κ2) is 29.6. The average molecular weight is 1050 g/mol. The van der Waals surface area contributed by atoms with Crippen LogP contribution >= 0.6 is 59.9 Å². The maximum atomic E-state index is 13.5. The number of benzene rings is 5. The van der Waals surface area contributed by atoms with E-state index in [1.807, 2.05) is 72.8 Å². The van der Waals surface area contributed by atoms with E-state index < -0.39 is 5.92 Å². The zero-order valence-corrected chi connectivity index (χ0v) is 41.6. The molecule has 0 radical (unpaired) electrons. The van der Waals surface area contributed by atoms with Crippen molar-refractivity contribution in [1.29, 1.82) is 0 Å². The van der Waals surface area contributed by atoms with Crippen LogP contribution in [0.2, 0.25) is 10.0 Å². The first kappa shape index (κ1) is 57.1. The maximum Gasteiger partial charge on any atom is 0.272 e. The van der Waals surface area contributed by atoms with Crippen LogP contribution in [-0.4, -0.2) is 67.4 Å². The Bertz CT molecular complexity index is 2770. The Morgan fingerprint density at radius 3 is 1.50 bits per heavy atom. The minimum absolute atomic E-state index is 0.